The topological polar surface area (TPSA) is 62.0 Å². The molecule has 0 spiro atoms. The average molecular weight is 256 g/mol. The van der Waals surface area contributed by atoms with Crippen LogP contribution in [0.2, 0.25) is 0 Å². The van der Waals surface area contributed by atoms with Gasteiger partial charge in [0.2, 0.25) is 0 Å². The Hall–Kier alpha value is -1.97. The summed E-state index contributed by atoms with van der Waals surface area (Å²) in [7, 11) is 0. The zero-order valence-electron chi connectivity index (χ0n) is 10.6. The number of carboxylic acid groups (broad SMARTS) is 1. The highest BCUT2D eigenvalue weighted by atomic mass is 16.4. The van der Waals surface area contributed by atoms with Crippen molar-refractivity contribution in [3.05, 3.63) is 35.9 Å². The second-order valence-corrected chi connectivity index (χ2v) is 5.25. The summed E-state index contributed by atoms with van der Waals surface area (Å²) in [5.41, 5.74) is 2.46. The minimum Gasteiger partial charge on any atom is -0.477 e. The molecule has 2 unspecified atom stereocenters. The highest BCUT2D eigenvalue weighted by molar-refractivity contribution is 6.35. The molecule has 0 aromatic heterocycles. The third kappa shape index (κ3) is 2.43. The van der Waals surface area contributed by atoms with E-state index >= 15 is 0 Å². The number of fused-ring (bicyclic) bond motifs is 1. The Kier molecular flexibility index (Phi) is 3.15. The van der Waals surface area contributed by atoms with Crippen LogP contribution in [-0.2, 0) is 11.2 Å². The highest BCUT2D eigenvalue weighted by Crippen LogP contribution is 2.40. The Morgan fingerprint density at radius 1 is 1.21 bits per heavy atom. The van der Waals surface area contributed by atoms with Gasteiger partial charge in [0.25, 0.3) is 0 Å². The molecular formula is C15H16N2O2. The van der Waals surface area contributed by atoms with Crippen molar-refractivity contribution in [2.24, 2.45) is 22.0 Å². The second kappa shape index (κ2) is 4.96. The van der Waals surface area contributed by atoms with Gasteiger partial charge >= 0.3 is 5.97 Å². The van der Waals surface area contributed by atoms with Gasteiger partial charge in [-0.15, -0.1) is 5.10 Å². The van der Waals surface area contributed by atoms with E-state index in [1.165, 1.54) is 5.56 Å². The van der Waals surface area contributed by atoms with E-state index in [1.54, 1.807) is 0 Å². The summed E-state index contributed by atoms with van der Waals surface area (Å²) >= 11 is 0. The molecule has 0 bridgehead atoms. The summed E-state index contributed by atoms with van der Waals surface area (Å²) in [5, 5.41) is 17.2. The van der Waals surface area contributed by atoms with Gasteiger partial charge in [-0.25, -0.2) is 4.79 Å². The van der Waals surface area contributed by atoms with Crippen LogP contribution in [0.1, 0.15) is 24.8 Å². The van der Waals surface area contributed by atoms with Crippen molar-refractivity contribution in [3.63, 3.8) is 0 Å². The van der Waals surface area contributed by atoms with Gasteiger partial charge in [-0.2, -0.15) is 5.10 Å². The number of hydrogen-bond donors (Lipinski definition) is 1. The number of nitrogens with zero attached hydrogens (tertiary/aromatic N) is 2. The fraction of sp³-hybridized carbons (Fsp3) is 0.400. The van der Waals surface area contributed by atoms with E-state index in [9.17, 15) is 4.79 Å². The van der Waals surface area contributed by atoms with Crippen LogP contribution in [0.5, 0.6) is 0 Å². The van der Waals surface area contributed by atoms with Crippen LogP contribution in [-0.4, -0.2) is 22.5 Å². The Bertz CT molecular complexity index is 549. The molecule has 4 nitrogen and oxygen atoms in total. The number of hydrogen-bond acceptors (Lipinski definition) is 3. The number of benzene rings is 1. The van der Waals surface area contributed by atoms with Gasteiger partial charge in [-0.05, 0) is 24.3 Å². The molecule has 19 heavy (non-hydrogen) atoms. The molecule has 1 aromatic carbocycles. The third-order valence-electron chi connectivity index (χ3n) is 4.08. The van der Waals surface area contributed by atoms with E-state index in [-0.39, 0.29) is 5.71 Å². The summed E-state index contributed by atoms with van der Waals surface area (Å²) in [6, 6.07) is 10.2. The lowest BCUT2D eigenvalue weighted by molar-refractivity contribution is -0.129. The molecule has 1 aliphatic carbocycles. The molecular weight excluding hydrogens is 240 g/mol. The molecule has 2 atom stereocenters. The summed E-state index contributed by atoms with van der Waals surface area (Å²) in [4.78, 5) is 11.0. The Labute approximate surface area is 111 Å². The quantitative estimate of drug-likeness (QED) is 0.903. The van der Waals surface area contributed by atoms with Crippen molar-refractivity contribution in [1.82, 2.24) is 0 Å². The number of carboxylic acids is 1. The van der Waals surface area contributed by atoms with Crippen molar-refractivity contribution in [1.29, 1.82) is 0 Å². The molecule has 1 aliphatic heterocycles. The minimum atomic E-state index is -0.935. The van der Waals surface area contributed by atoms with Gasteiger partial charge in [0.1, 0.15) is 5.71 Å². The predicted molar refractivity (Wildman–Crippen MR) is 73.5 cm³/mol. The summed E-state index contributed by atoms with van der Waals surface area (Å²) in [6.07, 6.45) is 3.53. The maximum atomic E-state index is 11.0. The third-order valence-corrected chi connectivity index (χ3v) is 4.08. The van der Waals surface area contributed by atoms with E-state index in [4.69, 9.17) is 5.11 Å². The zero-order chi connectivity index (χ0) is 13.2. The molecule has 4 heteroatoms. The molecule has 1 fully saturated rings. The van der Waals surface area contributed by atoms with E-state index < -0.39 is 5.97 Å². The summed E-state index contributed by atoms with van der Waals surface area (Å²) in [5.74, 6) is -0.101. The lowest BCUT2D eigenvalue weighted by atomic mass is 9.68. The zero-order valence-corrected chi connectivity index (χ0v) is 10.6. The monoisotopic (exact) mass is 256 g/mol. The maximum absolute atomic E-state index is 11.0. The van der Waals surface area contributed by atoms with Crippen LogP contribution in [0.25, 0.3) is 0 Å². The largest absolute Gasteiger partial charge is 0.477 e. The molecule has 0 saturated heterocycles. The van der Waals surface area contributed by atoms with E-state index in [0.717, 1.165) is 25.0 Å². The second-order valence-electron chi connectivity index (χ2n) is 5.25. The van der Waals surface area contributed by atoms with E-state index in [2.05, 4.69) is 22.3 Å². The Morgan fingerprint density at radius 3 is 2.63 bits per heavy atom. The van der Waals surface area contributed by atoms with Gasteiger partial charge in [0, 0.05) is 24.5 Å². The van der Waals surface area contributed by atoms with Crippen molar-refractivity contribution in [2.45, 2.75) is 25.7 Å². The summed E-state index contributed by atoms with van der Waals surface area (Å²) < 4.78 is 0. The van der Waals surface area contributed by atoms with Gasteiger partial charge in [-0.1, -0.05) is 30.3 Å². The lowest BCUT2D eigenvalue weighted by Crippen LogP contribution is -2.35. The van der Waals surface area contributed by atoms with Crippen LogP contribution >= 0.6 is 0 Å². The maximum Gasteiger partial charge on any atom is 0.352 e. The molecule has 3 rings (SSSR count). The van der Waals surface area contributed by atoms with Crippen molar-refractivity contribution in [2.75, 3.05) is 0 Å². The first-order chi connectivity index (χ1) is 9.24. The molecule has 1 heterocycles. The molecule has 1 saturated carbocycles. The van der Waals surface area contributed by atoms with Crippen molar-refractivity contribution in [3.8, 4) is 0 Å². The molecule has 0 amide bonds. The fourth-order valence-electron chi connectivity index (χ4n) is 2.84. The van der Waals surface area contributed by atoms with Crippen LogP contribution in [0.4, 0.5) is 0 Å². The van der Waals surface area contributed by atoms with Crippen LogP contribution in [0, 0.1) is 11.8 Å². The van der Waals surface area contributed by atoms with Crippen LogP contribution in [0.3, 0.4) is 0 Å². The van der Waals surface area contributed by atoms with Gasteiger partial charge in [-0.3, -0.25) is 0 Å². The highest BCUT2D eigenvalue weighted by Gasteiger charge is 2.38. The first-order valence-electron chi connectivity index (χ1n) is 6.64. The van der Waals surface area contributed by atoms with Crippen LogP contribution < -0.4 is 0 Å². The lowest BCUT2D eigenvalue weighted by Gasteiger charge is -2.36. The van der Waals surface area contributed by atoms with Crippen molar-refractivity contribution >= 4 is 17.4 Å². The van der Waals surface area contributed by atoms with Crippen LogP contribution in [0.15, 0.2) is 40.5 Å². The number of carbonyl (C=O) groups is 1. The first kappa shape index (κ1) is 12.1. The predicted octanol–water partition coefficient (Wildman–Crippen LogP) is 2.54. The minimum absolute atomic E-state index is 0.206. The van der Waals surface area contributed by atoms with Gasteiger partial charge < -0.3 is 5.11 Å². The standard InChI is InChI=1S/C15H16N2O2/c18-15(19)14-9-11-6-7-12(11)13(16-17-14)8-10-4-2-1-3-5-10/h1-5,11-12H,6-9H2,(H,18,19). The van der Waals surface area contributed by atoms with E-state index in [1.807, 2.05) is 18.2 Å². The smallest absolute Gasteiger partial charge is 0.352 e. The average Bonchev–Trinajstić information content (AvgIpc) is 2.48. The van der Waals surface area contributed by atoms with Crippen molar-refractivity contribution < 1.29 is 9.90 Å². The SMILES string of the molecule is O=C(O)C1=NN=C(Cc2ccccc2)C2CCC2C1. The molecule has 98 valence electrons. The molecule has 1 N–H and O–H groups in total. The molecule has 2 aliphatic rings. The van der Waals surface area contributed by atoms with Gasteiger partial charge in [0.15, 0.2) is 0 Å². The Morgan fingerprint density at radius 2 is 2.00 bits per heavy atom. The first-order valence-corrected chi connectivity index (χ1v) is 6.64. The normalized spacial score (nSPS) is 25.5. The van der Waals surface area contributed by atoms with Gasteiger partial charge in [0.05, 0.1) is 0 Å². The fourth-order valence-corrected chi connectivity index (χ4v) is 2.84. The van der Waals surface area contributed by atoms with E-state index in [0.29, 0.717) is 18.3 Å². The number of aliphatic carboxylic acids is 1. The Balaban J connectivity index is 1.84. The molecule has 1 aromatic rings. The molecule has 0 radical (unpaired) electrons. The summed E-state index contributed by atoms with van der Waals surface area (Å²) in [6.45, 7) is 0. The number of rotatable bonds is 3.